The summed E-state index contributed by atoms with van der Waals surface area (Å²) in [5.74, 6) is 0. The summed E-state index contributed by atoms with van der Waals surface area (Å²) < 4.78 is 27.5. The predicted molar refractivity (Wildman–Crippen MR) is 93.5 cm³/mol. The Balaban J connectivity index is 1.68. The van der Waals surface area contributed by atoms with E-state index in [1.54, 1.807) is 12.1 Å². The van der Waals surface area contributed by atoms with Gasteiger partial charge in [-0.1, -0.05) is 29.8 Å². The maximum atomic E-state index is 12.4. The summed E-state index contributed by atoms with van der Waals surface area (Å²) in [6.45, 7) is 1.36. The molecule has 1 heterocycles. The lowest BCUT2D eigenvalue weighted by Crippen LogP contribution is -2.40. The van der Waals surface area contributed by atoms with Gasteiger partial charge in [-0.25, -0.2) is 13.1 Å². The Kier molecular flexibility index (Phi) is 4.90. The van der Waals surface area contributed by atoms with Crippen molar-refractivity contribution in [1.29, 1.82) is 0 Å². The maximum absolute atomic E-state index is 12.4. The Labute approximate surface area is 142 Å². The van der Waals surface area contributed by atoms with Crippen LogP contribution in [0.15, 0.2) is 59.5 Å². The molecule has 3 rings (SSSR count). The van der Waals surface area contributed by atoms with Crippen LogP contribution < -0.4 is 9.62 Å². The number of nitrogens with one attached hydrogen (secondary N) is 1. The van der Waals surface area contributed by atoms with Crippen molar-refractivity contribution in [2.45, 2.75) is 23.8 Å². The Morgan fingerprint density at radius 3 is 2.48 bits per heavy atom. The first-order valence-electron chi connectivity index (χ1n) is 7.63. The van der Waals surface area contributed by atoms with E-state index in [2.05, 4.69) is 21.8 Å². The van der Waals surface area contributed by atoms with E-state index in [0.29, 0.717) is 11.6 Å². The molecule has 1 fully saturated rings. The molecule has 0 saturated carbocycles. The van der Waals surface area contributed by atoms with Crippen molar-refractivity contribution in [2.24, 2.45) is 0 Å². The largest absolute Gasteiger partial charge is 0.367 e. The average molecular weight is 351 g/mol. The number of sulfonamides is 1. The zero-order valence-corrected chi connectivity index (χ0v) is 14.2. The van der Waals surface area contributed by atoms with Crippen molar-refractivity contribution in [2.75, 3.05) is 18.0 Å². The molecule has 1 unspecified atom stereocenters. The van der Waals surface area contributed by atoms with Gasteiger partial charge in [0.2, 0.25) is 10.0 Å². The Morgan fingerprint density at radius 1 is 1.09 bits per heavy atom. The van der Waals surface area contributed by atoms with Crippen molar-refractivity contribution in [1.82, 2.24) is 4.72 Å². The number of para-hydroxylation sites is 1. The first-order valence-corrected chi connectivity index (χ1v) is 9.49. The normalized spacial score (nSPS) is 18.3. The molecule has 122 valence electrons. The summed E-state index contributed by atoms with van der Waals surface area (Å²) >= 11 is 5.81. The van der Waals surface area contributed by atoms with E-state index < -0.39 is 10.0 Å². The van der Waals surface area contributed by atoms with E-state index in [4.69, 9.17) is 11.6 Å². The zero-order chi connectivity index (χ0) is 16.3. The highest BCUT2D eigenvalue weighted by atomic mass is 35.5. The summed E-state index contributed by atoms with van der Waals surface area (Å²) in [5, 5.41) is 0.523. The molecule has 0 amide bonds. The summed E-state index contributed by atoms with van der Waals surface area (Å²) in [7, 11) is -3.51. The number of rotatable bonds is 5. The van der Waals surface area contributed by atoms with Crippen molar-refractivity contribution in [3.63, 3.8) is 0 Å². The lowest BCUT2D eigenvalue weighted by atomic mass is 10.2. The molecule has 6 heteroatoms. The second-order valence-corrected chi connectivity index (χ2v) is 7.83. The molecule has 1 aliphatic rings. The quantitative estimate of drug-likeness (QED) is 0.900. The van der Waals surface area contributed by atoms with Gasteiger partial charge in [0.1, 0.15) is 0 Å². The number of anilines is 1. The van der Waals surface area contributed by atoms with Crippen LogP contribution in [0.2, 0.25) is 5.02 Å². The fourth-order valence-corrected chi connectivity index (χ4v) is 4.11. The monoisotopic (exact) mass is 350 g/mol. The number of hydrogen-bond donors (Lipinski definition) is 1. The van der Waals surface area contributed by atoms with E-state index in [1.807, 2.05) is 18.2 Å². The van der Waals surface area contributed by atoms with Crippen molar-refractivity contribution in [3.8, 4) is 0 Å². The van der Waals surface area contributed by atoms with Gasteiger partial charge in [-0.15, -0.1) is 0 Å². The molecular formula is C17H19ClN2O2S. The minimum Gasteiger partial charge on any atom is -0.367 e. The molecule has 2 aromatic rings. The van der Waals surface area contributed by atoms with Crippen LogP contribution >= 0.6 is 11.6 Å². The summed E-state index contributed by atoms with van der Waals surface area (Å²) in [6, 6.07) is 16.5. The SMILES string of the molecule is O=S(=O)(NCC1CCCN1c1ccccc1)c1ccc(Cl)cc1. The smallest absolute Gasteiger partial charge is 0.240 e. The van der Waals surface area contributed by atoms with Gasteiger partial charge in [-0.05, 0) is 49.2 Å². The Morgan fingerprint density at radius 2 is 1.78 bits per heavy atom. The molecule has 23 heavy (non-hydrogen) atoms. The van der Waals surface area contributed by atoms with E-state index in [-0.39, 0.29) is 10.9 Å². The van der Waals surface area contributed by atoms with Crippen LogP contribution in [0.4, 0.5) is 5.69 Å². The van der Waals surface area contributed by atoms with Gasteiger partial charge in [0.05, 0.1) is 4.90 Å². The van der Waals surface area contributed by atoms with Crippen molar-refractivity contribution < 1.29 is 8.42 Å². The molecule has 1 aliphatic heterocycles. The molecule has 4 nitrogen and oxygen atoms in total. The topological polar surface area (TPSA) is 49.4 Å². The first kappa shape index (κ1) is 16.3. The third-order valence-corrected chi connectivity index (χ3v) is 5.79. The van der Waals surface area contributed by atoms with E-state index in [1.165, 1.54) is 12.1 Å². The van der Waals surface area contributed by atoms with Crippen LogP contribution in [-0.2, 0) is 10.0 Å². The van der Waals surface area contributed by atoms with Crippen LogP contribution in [-0.4, -0.2) is 27.5 Å². The minimum atomic E-state index is -3.51. The van der Waals surface area contributed by atoms with Crippen LogP contribution in [0.5, 0.6) is 0 Å². The average Bonchev–Trinajstić information content (AvgIpc) is 3.03. The highest BCUT2D eigenvalue weighted by Crippen LogP contribution is 2.25. The number of halogens is 1. The highest BCUT2D eigenvalue weighted by molar-refractivity contribution is 7.89. The summed E-state index contributed by atoms with van der Waals surface area (Å²) in [4.78, 5) is 2.51. The maximum Gasteiger partial charge on any atom is 0.240 e. The standard InChI is InChI=1S/C17H19ClN2O2S/c18-14-8-10-17(11-9-14)23(21,22)19-13-16-7-4-12-20(16)15-5-2-1-3-6-15/h1-3,5-6,8-11,16,19H,4,7,12-13H2. The molecular weight excluding hydrogens is 332 g/mol. The van der Waals surface area contributed by atoms with Gasteiger partial charge >= 0.3 is 0 Å². The van der Waals surface area contributed by atoms with Crippen LogP contribution in [0.25, 0.3) is 0 Å². The third kappa shape index (κ3) is 3.86. The second-order valence-electron chi connectivity index (χ2n) is 5.63. The van der Waals surface area contributed by atoms with Gasteiger partial charge in [0, 0.05) is 29.8 Å². The second kappa shape index (κ2) is 6.91. The molecule has 0 radical (unpaired) electrons. The molecule has 0 aliphatic carbocycles. The lowest BCUT2D eigenvalue weighted by Gasteiger charge is -2.27. The van der Waals surface area contributed by atoms with Gasteiger partial charge < -0.3 is 4.90 Å². The van der Waals surface area contributed by atoms with Gasteiger partial charge in [-0.3, -0.25) is 0 Å². The highest BCUT2D eigenvalue weighted by Gasteiger charge is 2.26. The number of benzene rings is 2. The summed E-state index contributed by atoms with van der Waals surface area (Å²) in [5.41, 5.74) is 1.14. The summed E-state index contributed by atoms with van der Waals surface area (Å²) in [6.07, 6.45) is 2.06. The fourth-order valence-electron chi connectivity index (χ4n) is 2.91. The van der Waals surface area contributed by atoms with Gasteiger partial charge in [0.25, 0.3) is 0 Å². The molecule has 0 aromatic heterocycles. The Hall–Kier alpha value is -1.56. The Bertz CT molecular complexity index is 748. The fraction of sp³-hybridized carbons (Fsp3) is 0.294. The third-order valence-electron chi connectivity index (χ3n) is 4.10. The van der Waals surface area contributed by atoms with Crippen LogP contribution in [0, 0.1) is 0 Å². The van der Waals surface area contributed by atoms with Crippen molar-refractivity contribution in [3.05, 3.63) is 59.6 Å². The minimum absolute atomic E-state index is 0.180. The molecule has 1 saturated heterocycles. The van der Waals surface area contributed by atoms with E-state index >= 15 is 0 Å². The zero-order valence-electron chi connectivity index (χ0n) is 12.7. The van der Waals surface area contributed by atoms with Gasteiger partial charge in [0.15, 0.2) is 0 Å². The first-order chi connectivity index (χ1) is 11.1. The predicted octanol–water partition coefficient (Wildman–Crippen LogP) is 3.29. The molecule has 1 N–H and O–H groups in total. The molecule has 0 bridgehead atoms. The van der Waals surface area contributed by atoms with Crippen LogP contribution in [0.1, 0.15) is 12.8 Å². The molecule has 1 atom stereocenters. The van der Waals surface area contributed by atoms with Crippen molar-refractivity contribution >= 4 is 27.3 Å². The van der Waals surface area contributed by atoms with E-state index in [9.17, 15) is 8.42 Å². The number of nitrogens with zero attached hydrogens (tertiary/aromatic N) is 1. The molecule has 0 spiro atoms. The van der Waals surface area contributed by atoms with Crippen LogP contribution in [0.3, 0.4) is 0 Å². The molecule has 2 aromatic carbocycles. The number of hydrogen-bond acceptors (Lipinski definition) is 3. The van der Waals surface area contributed by atoms with Gasteiger partial charge in [-0.2, -0.15) is 0 Å². The lowest BCUT2D eigenvalue weighted by molar-refractivity contribution is 0.567. The van der Waals surface area contributed by atoms with E-state index in [0.717, 1.165) is 25.1 Å².